The van der Waals surface area contributed by atoms with Gasteiger partial charge < -0.3 is 10.0 Å². The van der Waals surface area contributed by atoms with Crippen LogP contribution in [0.1, 0.15) is 51.2 Å². The van der Waals surface area contributed by atoms with E-state index in [-0.39, 0.29) is 5.92 Å². The summed E-state index contributed by atoms with van der Waals surface area (Å²) < 4.78 is 0. The number of aromatic nitrogens is 2. The zero-order valence-electron chi connectivity index (χ0n) is 16.5. The average molecular weight is 358 g/mol. The Bertz CT molecular complexity index is 695. The molecule has 0 aliphatic heterocycles. The highest BCUT2D eigenvalue weighted by molar-refractivity contribution is 6.06. The van der Waals surface area contributed by atoms with E-state index < -0.39 is 12.0 Å². The van der Waals surface area contributed by atoms with Crippen molar-refractivity contribution in [3.05, 3.63) is 42.5 Å². The van der Waals surface area contributed by atoms with Crippen molar-refractivity contribution in [3.8, 4) is 0 Å². The number of carboxylic acids is 1. The minimum Gasteiger partial charge on any atom is -0.480 e. The molecule has 2 rings (SSSR count). The van der Waals surface area contributed by atoms with Crippen LogP contribution in [0.3, 0.4) is 0 Å². The summed E-state index contributed by atoms with van der Waals surface area (Å²) in [7, 11) is 1.78. The standard InChI is InChI=1S/C18H24N4O2.C2H6/c1-6-13(19-7-2)16-20-14-10-8-9-12(14)17(21-16)22(5)15(11(3)4)18(23)24;1-2/h6-7,11,15H,1-2,8-10H2,3-5H3,(H,23,24);1-2H3. The van der Waals surface area contributed by atoms with E-state index >= 15 is 0 Å². The Morgan fingerprint density at radius 2 is 1.92 bits per heavy atom. The second-order valence-corrected chi connectivity index (χ2v) is 6.19. The first-order chi connectivity index (χ1) is 12.4. The van der Waals surface area contributed by atoms with E-state index in [1.165, 1.54) is 6.20 Å². The maximum atomic E-state index is 11.7. The zero-order chi connectivity index (χ0) is 19.9. The highest BCUT2D eigenvalue weighted by atomic mass is 16.4. The fourth-order valence-electron chi connectivity index (χ4n) is 3.15. The fraction of sp³-hybridized carbons (Fsp3) is 0.500. The Kier molecular flexibility index (Phi) is 8.16. The molecule has 0 saturated heterocycles. The molecule has 0 amide bonds. The first-order valence-corrected chi connectivity index (χ1v) is 9.07. The molecular weight excluding hydrogens is 328 g/mol. The Labute approximate surface area is 156 Å². The number of rotatable bonds is 7. The molecule has 1 heterocycles. The van der Waals surface area contributed by atoms with Gasteiger partial charge in [0.1, 0.15) is 17.6 Å². The second-order valence-electron chi connectivity index (χ2n) is 6.19. The topological polar surface area (TPSA) is 78.7 Å². The highest BCUT2D eigenvalue weighted by Gasteiger charge is 2.31. The van der Waals surface area contributed by atoms with Crippen LogP contribution in [0.5, 0.6) is 0 Å². The number of aliphatic imine (C=N–C) groups is 1. The van der Waals surface area contributed by atoms with Gasteiger partial charge in [0.2, 0.25) is 0 Å². The summed E-state index contributed by atoms with van der Waals surface area (Å²) in [5.74, 6) is 0.222. The van der Waals surface area contributed by atoms with E-state index in [0.29, 0.717) is 17.4 Å². The molecule has 26 heavy (non-hydrogen) atoms. The lowest BCUT2D eigenvalue weighted by atomic mass is 10.0. The summed E-state index contributed by atoms with van der Waals surface area (Å²) >= 11 is 0. The summed E-state index contributed by atoms with van der Waals surface area (Å²) in [6.07, 6.45) is 5.73. The van der Waals surface area contributed by atoms with E-state index in [4.69, 9.17) is 0 Å². The second kappa shape index (κ2) is 9.85. The van der Waals surface area contributed by atoms with Crippen molar-refractivity contribution in [2.24, 2.45) is 10.9 Å². The molecule has 6 heteroatoms. The Hall–Kier alpha value is -2.50. The number of carboxylic acid groups (broad SMARTS) is 1. The fourth-order valence-corrected chi connectivity index (χ4v) is 3.15. The Morgan fingerprint density at radius 3 is 2.42 bits per heavy atom. The molecular formula is C20H30N4O2. The minimum absolute atomic E-state index is 0.0521. The van der Waals surface area contributed by atoms with E-state index in [9.17, 15) is 9.90 Å². The van der Waals surface area contributed by atoms with E-state index in [1.54, 1.807) is 18.0 Å². The van der Waals surface area contributed by atoms with Gasteiger partial charge in [-0.05, 0) is 31.3 Å². The smallest absolute Gasteiger partial charge is 0.326 e. The van der Waals surface area contributed by atoms with Gasteiger partial charge in [-0.1, -0.05) is 40.9 Å². The molecule has 0 spiro atoms. The summed E-state index contributed by atoms with van der Waals surface area (Å²) in [6.45, 7) is 15.1. The van der Waals surface area contributed by atoms with Crippen LogP contribution in [0.2, 0.25) is 0 Å². The van der Waals surface area contributed by atoms with E-state index in [0.717, 1.165) is 30.5 Å². The first kappa shape index (κ1) is 21.5. The Morgan fingerprint density at radius 1 is 1.27 bits per heavy atom. The van der Waals surface area contributed by atoms with Crippen molar-refractivity contribution in [1.29, 1.82) is 0 Å². The van der Waals surface area contributed by atoms with Crippen LogP contribution in [-0.2, 0) is 17.6 Å². The zero-order valence-corrected chi connectivity index (χ0v) is 16.5. The number of nitrogens with zero attached hydrogens (tertiary/aromatic N) is 4. The Balaban J connectivity index is 0.00000163. The number of aryl methyl sites for hydroxylation is 1. The van der Waals surface area contributed by atoms with Gasteiger partial charge in [-0.15, -0.1) is 0 Å². The van der Waals surface area contributed by atoms with Crippen molar-refractivity contribution in [3.63, 3.8) is 0 Å². The molecule has 0 fully saturated rings. The number of hydrogen-bond acceptors (Lipinski definition) is 5. The van der Waals surface area contributed by atoms with Gasteiger partial charge in [0.15, 0.2) is 5.82 Å². The van der Waals surface area contributed by atoms with E-state index in [2.05, 4.69) is 28.1 Å². The van der Waals surface area contributed by atoms with Crippen LogP contribution in [0.25, 0.3) is 0 Å². The molecule has 1 aliphatic rings. The van der Waals surface area contributed by atoms with Gasteiger partial charge in [0.25, 0.3) is 0 Å². The van der Waals surface area contributed by atoms with Gasteiger partial charge in [-0.3, -0.25) is 4.99 Å². The van der Waals surface area contributed by atoms with Crippen LogP contribution >= 0.6 is 0 Å². The molecule has 0 radical (unpaired) electrons. The summed E-state index contributed by atoms with van der Waals surface area (Å²) in [6, 6.07) is -0.652. The van der Waals surface area contributed by atoms with Crippen LogP contribution in [0.15, 0.2) is 30.4 Å². The lowest BCUT2D eigenvalue weighted by Crippen LogP contribution is -2.43. The molecule has 142 valence electrons. The van der Waals surface area contributed by atoms with Crippen molar-refractivity contribution in [2.45, 2.75) is 53.0 Å². The van der Waals surface area contributed by atoms with Gasteiger partial charge in [-0.25, -0.2) is 14.8 Å². The van der Waals surface area contributed by atoms with Crippen LogP contribution in [0.4, 0.5) is 5.82 Å². The van der Waals surface area contributed by atoms with Gasteiger partial charge in [-0.2, -0.15) is 0 Å². The molecule has 6 nitrogen and oxygen atoms in total. The van der Waals surface area contributed by atoms with Crippen molar-refractivity contribution < 1.29 is 9.90 Å². The highest BCUT2D eigenvalue weighted by Crippen LogP contribution is 2.30. The minimum atomic E-state index is -0.858. The normalized spacial score (nSPS) is 14.2. The first-order valence-electron chi connectivity index (χ1n) is 9.07. The predicted molar refractivity (Wildman–Crippen MR) is 107 cm³/mol. The summed E-state index contributed by atoms with van der Waals surface area (Å²) in [5.41, 5.74) is 2.54. The van der Waals surface area contributed by atoms with Crippen LogP contribution < -0.4 is 4.90 Å². The number of anilines is 1. The summed E-state index contributed by atoms with van der Waals surface area (Å²) in [4.78, 5) is 26.8. The van der Waals surface area contributed by atoms with Gasteiger partial charge in [0, 0.05) is 24.5 Å². The maximum absolute atomic E-state index is 11.7. The number of carbonyl (C=O) groups is 1. The molecule has 1 unspecified atom stereocenters. The molecule has 1 aromatic rings. The largest absolute Gasteiger partial charge is 0.480 e. The number of likely N-dealkylation sites (N-methyl/N-ethyl adjacent to an activating group) is 1. The van der Waals surface area contributed by atoms with Crippen molar-refractivity contribution in [1.82, 2.24) is 9.97 Å². The molecule has 0 bridgehead atoms. The molecule has 1 atom stereocenters. The third-order valence-corrected chi connectivity index (χ3v) is 4.20. The number of aliphatic carboxylic acids is 1. The molecule has 0 aromatic carbocycles. The predicted octanol–water partition coefficient (Wildman–Crippen LogP) is 3.66. The third kappa shape index (κ3) is 4.56. The molecule has 1 N–H and O–H groups in total. The lowest BCUT2D eigenvalue weighted by Gasteiger charge is -2.30. The van der Waals surface area contributed by atoms with Crippen molar-refractivity contribution in [2.75, 3.05) is 11.9 Å². The number of fused-ring (bicyclic) bond motifs is 1. The summed E-state index contributed by atoms with van der Waals surface area (Å²) in [5, 5.41) is 9.59. The third-order valence-electron chi connectivity index (χ3n) is 4.20. The number of allylic oxidation sites excluding steroid dienone is 1. The van der Waals surface area contributed by atoms with Crippen molar-refractivity contribution >= 4 is 17.5 Å². The lowest BCUT2D eigenvalue weighted by molar-refractivity contribution is -0.139. The maximum Gasteiger partial charge on any atom is 0.326 e. The average Bonchev–Trinajstić information content (AvgIpc) is 3.08. The monoisotopic (exact) mass is 358 g/mol. The van der Waals surface area contributed by atoms with Gasteiger partial charge >= 0.3 is 5.97 Å². The molecule has 1 aromatic heterocycles. The number of hydrogen-bond donors (Lipinski definition) is 1. The van der Waals surface area contributed by atoms with E-state index in [1.807, 2.05) is 27.7 Å². The SMILES string of the molecule is C=CN=C(C=C)c1nc2c(c(N(C)C(C(=O)O)C(C)C)n1)CCC2.CC. The van der Waals surface area contributed by atoms with Gasteiger partial charge in [0.05, 0.1) is 0 Å². The van der Waals surface area contributed by atoms with Crippen LogP contribution in [0, 0.1) is 5.92 Å². The molecule has 0 saturated carbocycles. The van der Waals surface area contributed by atoms with Crippen LogP contribution in [-0.4, -0.2) is 39.8 Å². The molecule has 1 aliphatic carbocycles. The quantitative estimate of drug-likeness (QED) is 0.753.